The summed E-state index contributed by atoms with van der Waals surface area (Å²) in [5, 5.41) is 29.3. The summed E-state index contributed by atoms with van der Waals surface area (Å²) in [6.07, 6.45) is -1.14. The van der Waals surface area contributed by atoms with Crippen molar-refractivity contribution in [3.05, 3.63) is 53.1 Å². The highest BCUT2D eigenvalue weighted by Crippen LogP contribution is 2.44. The van der Waals surface area contributed by atoms with Crippen LogP contribution in [-0.4, -0.2) is 34.4 Å². The van der Waals surface area contributed by atoms with Gasteiger partial charge in [0.25, 0.3) is 0 Å². The van der Waals surface area contributed by atoms with E-state index >= 15 is 0 Å². The number of carbonyl (C=O) groups excluding carboxylic acids is 1. The summed E-state index contributed by atoms with van der Waals surface area (Å²) in [4.78, 5) is 24.0. The molecule has 0 saturated carbocycles. The molecule has 1 heterocycles. The largest absolute Gasteiger partial charge is 0.507 e. The lowest BCUT2D eigenvalue weighted by Gasteiger charge is -2.31. The molecule has 2 atom stereocenters. The topological polar surface area (TPSA) is 113 Å². The molecule has 3 N–H and O–H groups in total. The van der Waals surface area contributed by atoms with Crippen molar-refractivity contribution in [2.24, 2.45) is 0 Å². The number of carbonyl (C=O) groups is 2. The molecule has 2 unspecified atom stereocenters. The number of aliphatic carboxylic acids is 1. The third-order valence-electron chi connectivity index (χ3n) is 3.95. The van der Waals surface area contributed by atoms with Crippen LogP contribution in [0.1, 0.15) is 33.5 Å². The minimum atomic E-state index is -1.21. The van der Waals surface area contributed by atoms with Crippen molar-refractivity contribution >= 4 is 11.9 Å². The lowest BCUT2D eigenvalue weighted by Crippen LogP contribution is -2.31. The van der Waals surface area contributed by atoms with Crippen LogP contribution in [0.2, 0.25) is 0 Å². The second kappa shape index (κ2) is 5.77. The van der Waals surface area contributed by atoms with Gasteiger partial charge < -0.3 is 24.8 Å². The molecule has 7 heteroatoms. The van der Waals surface area contributed by atoms with Crippen LogP contribution in [-0.2, 0) is 9.53 Å². The van der Waals surface area contributed by atoms with E-state index in [1.807, 2.05) is 0 Å². The minimum Gasteiger partial charge on any atom is -0.507 e. The first-order valence-corrected chi connectivity index (χ1v) is 7.06. The number of phenolic OH excluding ortho intramolecular Hbond substituents is 2. The molecule has 0 radical (unpaired) electrons. The van der Waals surface area contributed by atoms with E-state index in [1.54, 1.807) is 0 Å². The first kappa shape index (κ1) is 15.7. The van der Waals surface area contributed by atoms with Gasteiger partial charge in [0.2, 0.25) is 0 Å². The highest BCUT2D eigenvalue weighted by molar-refractivity contribution is 5.98. The van der Waals surface area contributed by atoms with Gasteiger partial charge in [-0.3, -0.25) is 4.79 Å². The number of cyclic esters (lactones) is 1. The van der Waals surface area contributed by atoms with Crippen molar-refractivity contribution in [3.8, 4) is 17.2 Å². The van der Waals surface area contributed by atoms with E-state index in [1.165, 1.54) is 43.5 Å². The first-order valence-electron chi connectivity index (χ1n) is 7.06. The van der Waals surface area contributed by atoms with Crippen LogP contribution in [0.25, 0.3) is 0 Å². The molecule has 1 aliphatic rings. The maximum absolute atomic E-state index is 12.2. The summed E-state index contributed by atoms with van der Waals surface area (Å²) >= 11 is 0. The Hall–Kier alpha value is -3.22. The normalized spacial score (nSPS) is 19.3. The van der Waals surface area contributed by atoms with Crippen LogP contribution in [0, 0.1) is 0 Å². The molecule has 0 amide bonds. The zero-order valence-electron chi connectivity index (χ0n) is 12.6. The van der Waals surface area contributed by atoms with Gasteiger partial charge >= 0.3 is 11.9 Å². The fraction of sp³-hybridized carbons (Fsp3) is 0.176. The number of carboxylic acid groups (broad SMARTS) is 1. The van der Waals surface area contributed by atoms with E-state index in [9.17, 15) is 24.9 Å². The molecule has 0 spiro atoms. The predicted octanol–water partition coefficient (Wildman–Crippen LogP) is 2.19. The van der Waals surface area contributed by atoms with Gasteiger partial charge in [-0.15, -0.1) is 0 Å². The maximum atomic E-state index is 12.2. The number of phenols is 2. The number of esters is 1. The van der Waals surface area contributed by atoms with E-state index in [0.29, 0.717) is 5.56 Å². The molecule has 0 aliphatic carbocycles. The van der Waals surface area contributed by atoms with Crippen LogP contribution < -0.4 is 4.74 Å². The number of methoxy groups -OCH3 is 1. The van der Waals surface area contributed by atoms with E-state index in [2.05, 4.69) is 0 Å². The second-order valence-electron chi connectivity index (χ2n) is 5.31. The number of hydrogen-bond donors (Lipinski definition) is 3. The van der Waals surface area contributed by atoms with Crippen LogP contribution in [0.15, 0.2) is 36.4 Å². The number of fused-ring (bicyclic) bond motifs is 1. The van der Waals surface area contributed by atoms with Crippen LogP contribution in [0.3, 0.4) is 0 Å². The average Bonchev–Trinajstić information content (AvgIpc) is 2.54. The maximum Gasteiger partial charge on any atom is 0.342 e. The van der Waals surface area contributed by atoms with Crippen molar-refractivity contribution in [1.82, 2.24) is 0 Å². The molecule has 124 valence electrons. The molecule has 2 aromatic rings. The Balaban J connectivity index is 2.13. The van der Waals surface area contributed by atoms with Gasteiger partial charge in [0.15, 0.2) is 11.5 Å². The Morgan fingerprint density at radius 2 is 1.92 bits per heavy atom. The molecule has 0 bridgehead atoms. The zero-order chi connectivity index (χ0) is 17.4. The Bertz CT molecular complexity index is 828. The summed E-state index contributed by atoms with van der Waals surface area (Å²) in [5.41, 5.74) is 0.320. The lowest BCUT2D eigenvalue weighted by atomic mass is 9.83. The Labute approximate surface area is 136 Å². The Morgan fingerprint density at radius 1 is 1.17 bits per heavy atom. The van der Waals surface area contributed by atoms with Gasteiger partial charge in [0.1, 0.15) is 23.3 Å². The molecule has 2 aromatic carbocycles. The van der Waals surface area contributed by atoms with Gasteiger partial charge in [-0.25, -0.2) is 4.79 Å². The van der Waals surface area contributed by atoms with Gasteiger partial charge in [-0.05, 0) is 29.3 Å². The fourth-order valence-electron chi connectivity index (χ4n) is 2.85. The summed E-state index contributed by atoms with van der Waals surface area (Å²) in [5.74, 6) is -3.56. The van der Waals surface area contributed by atoms with Crippen molar-refractivity contribution in [3.63, 3.8) is 0 Å². The van der Waals surface area contributed by atoms with Gasteiger partial charge in [-0.2, -0.15) is 0 Å². The molecule has 24 heavy (non-hydrogen) atoms. The predicted molar refractivity (Wildman–Crippen MR) is 81.3 cm³/mol. The third-order valence-corrected chi connectivity index (χ3v) is 3.95. The molecular formula is C17H14O7. The SMILES string of the molecule is COc1ccc(C2OC(=O)c3c(O)cccc3C2C(=O)O)cc1O. The summed E-state index contributed by atoms with van der Waals surface area (Å²) in [6, 6.07) is 8.48. The fourth-order valence-corrected chi connectivity index (χ4v) is 2.85. The molecular weight excluding hydrogens is 316 g/mol. The minimum absolute atomic E-state index is 0.154. The summed E-state index contributed by atoms with van der Waals surface area (Å²) < 4.78 is 10.2. The Morgan fingerprint density at radius 3 is 2.54 bits per heavy atom. The van der Waals surface area contributed by atoms with Gasteiger partial charge in [0.05, 0.1) is 7.11 Å². The van der Waals surface area contributed by atoms with E-state index in [4.69, 9.17) is 9.47 Å². The van der Waals surface area contributed by atoms with Crippen LogP contribution >= 0.6 is 0 Å². The molecule has 0 aromatic heterocycles. The third kappa shape index (κ3) is 2.40. The van der Waals surface area contributed by atoms with Crippen molar-refractivity contribution in [2.45, 2.75) is 12.0 Å². The Kier molecular flexibility index (Phi) is 3.76. The number of hydrogen-bond acceptors (Lipinski definition) is 6. The van der Waals surface area contributed by atoms with Crippen molar-refractivity contribution < 1.29 is 34.4 Å². The second-order valence-corrected chi connectivity index (χ2v) is 5.31. The quantitative estimate of drug-likeness (QED) is 0.739. The number of ether oxygens (including phenoxy) is 2. The summed E-state index contributed by atoms with van der Waals surface area (Å²) in [7, 11) is 1.38. The number of benzene rings is 2. The molecule has 0 saturated heterocycles. The standard InChI is InChI=1S/C17H14O7/c1-23-12-6-5-8(7-11(12)19)15-14(16(20)21)9-3-2-4-10(18)13(9)17(22)24-15/h2-7,14-15,18-19H,1H3,(H,20,21). The first-order chi connectivity index (χ1) is 11.4. The summed E-state index contributed by atoms with van der Waals surface area (Å²) in [6.45, 7) is 0. The monoisotopic (exact) mass is 330 g/mol. The molecule has 1 aliphatic heterocycles. The number of rotatable bonds is 3. The molecule has 0 fully saturated rings. The smallest absolute Gasteiger partial charge is 0.342 e. The van der Waals surface area contributed by atoms with E-state index in [-0.39, 0.29) is 28.4 Å². The number of aromatic hydroxyl groups is 2. The van der Waals surface area contributed by atoms with E-state index in [0.717, 1.165) is 0 Å². The highest BCUT2D eigenvalue weighted by Gasteiger charge is 2.42. The van der Waals surface area contributed by atoms with Gasteiger partial charge in [0, 0.05) is 0 Å². The van der Waals surface area contributed by atoms with Gasteiger partial charge in [-0.1, -0.05) is 18.2 Å². The van der Waals surface area contributed by atoms with Crippen molar-refractivity contribution in [1.29, 1.82) is 0 Å². The lowest BCUT2D eigenvalue weighted by molar-refractivity contribution is -0.142. The van der Waals surface area contributed by atoms with Crippen LogP contribution in [0.5, 0.6) is 17.2 Å². The van der Waals surface area contributed by atoms with Crippen molar-refractivity contribution in [2.75, 3.05) is 7.11 Å². The molecule has 3 rings (SSSR count). The number of carboxylic acids is 1. The van der Waals surface area contributed by atoms with E-state index < -0.39 is 24.0 Å². The average molecular weight is 330 g/mol. The zero-order valence-corrected chi connectivity index (χ0v) is 12.6. The molecule has 7 nitrogen and oxygen atoms in total. The highest BCUT2D eigenvalue weighted by atomic mass is 16.5. The van der Waals surface area contributed by atoms with Crippen LogP contribution in [0.4, 0.5) is 0 Å².